The lowest BCUT2D eigenvalue weighted by molar-refractivity contribution is -0.114. The second kappa shape index (κ2) is 14.7. The van der Waals surface area contributed by atoms with Crippen LogP contribution in [0.25, 0.3) is 28.1 Å². The summed E-state index contributed by atoms with van der Waals surface area (Å²) in [6.45, 7) is 0. The number of aromatic nitrogens is 1. The maximum Gasteiger partial charge on any atom is 0.272 e. The highest BCUT2D eigenvalue weighted by atomic mass is 32.2. The Morgan fingerprint density at radius 2 is 1.51 bits per heavy atom. The van der Waals surface area contributed by atoms with Gasteiger partial charge in [-0.05, 0) is 83.1 Å². The van der Waals surface area contributed by atoms with Gasteiger partial charge in [-0.25, -0.2) is 9.37 Å². The van der Waals surface area contributed by atoms with Gasteiger partial charge in [-0.2, -0.15) is 0 Å². The van der Waals surface area contributed by atoms with Crippen molar-refractivity contribution in [3.05, 3.63) is 149 Å². The van der Waals surface area contributed by atoms with Crippen LogP contribution in [-0.2, 0) is 9.59 Å². The van der Waals surface area contributed by atoms with Gasteiger partial charge in [-0.15, -0.1) is 23.1 Å². The van der Waals surface area contributed by atoms with Crippen LogP contribution in [0.5, 0.6) is 0 Å². The van der Waals surface area contributed by atoms with E-state index in [0.717, 1.165) is 26.8 Å². The maximum absolute atomic E-state index is 13.5. The van der Waals surface area contributed by atoms with Crippen LogP contribution in [0, 0.1) is 5.82 Å². The summed E-state index contributed by atoms with van der Waals surface area (Å²) in [5.41, 5.74) is 3.26. The molecule has 0 bridgehead atoms. The fourth-order valence-corrected chi connectivity index (χ4v) is 6.13. The molecule has 0 atom stereocenters. The molecule has 10 heteroatoms. The molecule has 0 fully saturated rings. The third-order valence-corrected chi connectivity index (χ3v) is 8.79. The van der Waals surface area contributed by atoms with E-state index in [1.54, 1.807) is 72.1 Å². The van der Waals surface area contributed by atoms with E-state index in [1.165, 1.54) is 35.2 Å². The number of hydrogen-bond acceptors (Lipinski definition) is 6. The van der Waals surface area contributed by atoms with Crippen molar-refractivity contribution in [3.8, 4) is 11.3 Å². The summed E-state index contributed by atoms with van der Waals surface area (Å²) in [5, 5.41) is 12.7. The molecule has 3 N–H and O–H groups in total. The van der Waals surface area contributed by atoms with Gasteiger partial charge in [0, 0.05) is 27.1 Å². The molecule has 7 nitrogen and oxygen atoms in total. The van der Waals surface area contributed by atoms with Gasteiger partial charge in [0.25, 0.3) is 11.8 Å². The van der Waals surface area contributed by atoms with Gasteiger partial charge in [0.05, 0.1) is 11.4 Å². The number of nitrogens with one attached hydrogen (secondary N) is 3. The van der Waals surface area contributed by atoms with Crippen molar-refractivity contribution in [2.24, 2.45) is 0 Å². The minimum atomic E-state index is -0.481. The summed E-state index contributed by atoms with van der Waals surface area (Å²) in [5.74, 6) is -1.27. The summed E-state index contributed by atoms with van der Waals surface area (Å²) in [6.07, 6.45) is 1.67. The Morgan fingerprint density at radius 1 is 0.787 bits per heavy atom. The number of rotatable bonds is 10. The molecule has 232 valence electrons. The first kappa shape index (κ1) is 31.4. The van der Waals surface area contributed by atoms with Gasteiger partial charge < -0.3 is 16.0 Å². The van der Waals surface area contributed by atoms with Crippen molar-refractivity contribution in [2.45, 2.75) is 4.90 Å². The Kier molecular flexibility index (Phi) is 9.81. The normalized spacial score (nSPS) is 11.2. The first-order valence-electron chi connectivity index (χ1n) is 14.5. The average molecular weight is 659 g/mol. The van der Waals surface area contributed by atoms with Gasteiger partial charge in [0.1, 0.15) is 11.5 Å². The summed E-state index contributed by atoms with van der Waals surface area (Å²) in [4.78, 5) is 44.4. The number of thioether (sulfide) groups is 1. The molecule has 47 heavy (non-hydrogen) atoms. The zero-order valence-electron chi connectivity index (χ0n) is 24.8. The van der Waals surface area contributed by atoms with Crippen molar-refractivity contribution >= 4 is 68.5 Å². The number of carbonyl (C=O) groups excluding carboxylic acids is 3. The van der Waals surface area contributed by atoms with E-state index in [-0.39, 0.29) is 23.2 Å². The average Bonchev–Trinajstić information content (AvgIpc) is 3.56. The molecule has 3 amide bonds. The molecule has 1 aromatic heterocycles. The van der Waals surface area contributed by atoms with E-state index < -0.39 is 11.8 Å². The second-order valence-corrected chi connectivity index (χ2v) is 12.2. The molecule has 6 rings (SSSR count). The van der Waals surface area contributed by atoms with Crippen molar-refractivity contribution in [3.63, 3.8) is 0 Å². The molecule has 0 aliphatic rings. The number of fused-ring (bicyclic) bond motifs is 1. The third kappa shape index (κ3) is 8.18. The molecular formula is C37H27FN4O3S2. The third-order valence-electron chi connectivity index (χ3n) is 7.02. The molecule has 0 unspecified atom stereocenters. The lowest BCUT2D eigenvalue weighted by atomic mass is 10.0. The summed E-state index contributed by atoms with van der Waals surface area (Å²) >= 11 is 2.63. The monoisotopic (exact) mass is 658 g/mol. The number of hydrogen-bond donors (Lipinski definition) is 3. The number of carbonyl (C=O) groups is 3. The van der Waals surface area contributed by atoms with Gasteiger partial charge in [-0.3, -0.25) is 14.4 Å². The first-order valence-corrected chi connectivity index (χ1v) is 16.4. The quantitative estimate of drug-likeness (QED) is 0.102. The van der Waals surface area contributed by atoms with E-state index in [0.29, 0.717) is 22.1 Å². The largest absolute Gasteiger partial charge is 0.321 e. The zero-order valence-corrected chi connectivity index (χ0v) is 26.4. The predicted octanol–water partition coefficient (Wildman–Crippen LogP) is 8.24. The number of benzene rings is 5. The van der Waals surface area contributed by atoms with Crippen LogP contribution in [0.1, 0.15) is 15.9 Å². The SMILES string of the molecule is O=C(CSc1ccc(NC(=O)/C(=C/c2cccc3ccccc23)NC(=O)c2ccccc2)cc1)Nc1nc(-c2ccc(F)cc2)cs1. The van der Waals surface area contributed by atoms with Crippen LogP contribution in [0.2, 0.25) is 0 Å². The van der Waals surface area contributed by atoms with Crippen LogP contribution in [0.4, 0.5) is 15.2 Å². The Balaban J connectivity index is 1.10. The molecule has 0 saturated heterocycles. The van der Waals surface area contributed by atoms with Gasteiger partial charge in [-0.1, -0.05) is 60.7 Å². The van der Waals surface area contributed by atoms with Crippen LogP contribution in [0.15, 0.2) is 137 Å². The number of halogens is 1. The number of anilines is 2. The van der Waals surface area contributed by atoms with Crippen LogP contribution in [0.3, 0.4) is 0 Å². The highest BCUT2D eigenvalue weighted by molar-refractivity contribution is 8.00. The Bertz CT molecular complexity index is 2070. The molecule has 0 saturated carbocycles. The molecular weight excluding hydrogens is 632 g/mol. The minimum absolute atomic E-state index is 0.0927. The van der Waals surface area contributed by atoms with Crippen LogP contribution < -0.4 is 16.0 Å². The Hall–Kier alpha value is -5.58. The molecule has 1 heterocycles. The smallest absolute Gasteiger partial charge is 0.272 e. The standard InChI is InChI=1S/C37H27FN4O3S2/c38-28-15-13-25(14-16-28)33-22-47-37(41-33)42-34(43)23-46-30-19-17-29(18-20-30)39-36(45)32(40-35(44)26-8-2-1-3-9-26)21-27-11-6-10-24-7-4-5-12-31(24)27/h1-22H,23H2,(H,39,45)(H,40,44)(H,41,42,43)/b32-21-. The van der Waals surface area contributed by atoms with Gasteiger partial charge >= 0.3 is 0 Å². The summed E-state index contributed by atoms with van der Waals surface area (Å²) in [7, 11) is 0. The van der Waals surface area contributed by atoms with E-state index in [1.807, 2.05) is 48.5 Å². The van der Waals surface area contributed by atoms with Crippen molar-refractivity contribution in [1.29, 1.82) is 0 Å². The van der Waals surface area contributed by atoms with E-state index in [9.17, 15) is 18.8 Å². The van der Waals surface area contributed by atoms with E-state index in [2.05, 4.69) is 20.9 Å². The van der Waals surface area contributed by atoms with Crippen LogP contribution >= 0.6 is 23.1 Å². The van der Waals surface area contributed by atoms with Crippen molar-refractivity contribution in [2.75, 3.05) is 16.4 Å². The number of thiazole rings is 1. The molecule has 0 radical (unpaired) electrons. The number of amides is 3. The first-order chi connectivity index (χ1) is 22.9. The summed E-state index contributed by atoms with van der Waals surface area (Å²) < 4.78 is 13.2. The molecule has 0 spiro atoms. The maximum atomic E-state index is 13.5. The fourth-order valence-electron chi connectivity index (χ4n) is 4.70. The fraction of sp³-hybridized carbons (Fsp3) is 0.0270. The highest BCUT2D eigenvalue weighted by Crippen LogP contribution is 2.26. The van der Waals surface area contributed by atoms with E-state index in [4.69, 9.17) is 0 Å². The Labute approximate surface area is 278 Å². The highest BCUT2D eigenvalue weighted by Gasteiger charge is 2.16. The predicted molar refractivity (Wildman–Crippen MR) is 188 cm³/mol. The lowest BCUT2D eigenvalue weighted by Gasteiger charge is -2.12. The van der Waals surface area contributed by atoms with Crippen molar-refractivity contribution in [1.82, 2.24) is 10.3 Å². The minimum Gasteiger partial charge on any atom is -0.321 e. The second-order valence-electron chi connectivity index (χ2n) is 10.3. The Morgan fingerprint density at radius 3 is 2.30 bits per heavy atom. The molecule has 0 aliphatic heterocycles. The molecule has 5 aromatic carbocycles. The molecule has 0 aliphatic carbocycles. The molecule has 6 aromatic rings. The van der Waals surface area contributed by atoms with E-state index >= 15 is 0 Å². The number of nitrogens with zero attached hydrogens (tertiary/aromatic N) is 1. The zero-order chi connectivity index (χ0) is 32.6. The van der Waals surface area contributed by atoms with Crippen molar-refractivity contribution < 1.29 is 18.8 Å². The topological polar surface area (TPSA) is 100 Å². The lowest BCUT2D eigenvalue weighted by Crippen LogP contribution is -2.30. The van der Waals surface area contributed by atoms with Gasteiger partial charge in [0.15, 0.2) is 5.13 Å². The van der Waals surface area contributed by atoms with Gasteiger partial charge in [0.2, 0.25) is 5.91 Å². The van der Waals surface area contributed by atoms with Crippen LogP contribution in [-0.4, -0.2) is 28.5 Å². The summed E-state index contributed by atoms with van der Waals surface area (Å²) in [6, 6.07) is 35.4.